The van der Waals surface area contributed by atoms with Crippen LogP contribution in [-0.2, 0) is 4.79 Å². The quantitative estimate of drug-likeness (QED) is 0.692. The summed E-state index contributed by atoms with van der Waals surface area (Å²) in [7, 11) is 3.85. The van der Waals surface area contributed by atoms with Crippen molar-refractivity contribution in [1.82, 2.24) is 14.7 Å². The summed E-state index contributed by atoms with van der Waals surface area (Å²) in [6, 6.07) is 9.70. The zero-order valence-electron chi connectivity index (χ0n) is 14.4. The highest BCUT2D eigenvalue weighted by atomic mass is 16.5. The van der Waals surface area contributed by atoms with Crippen LogP contribution in [0.5, 0.6) is 5.75 Å². The van der Waals surface area contributed by atoms with E-state index in [9.17, 15) is 4.79 Å². The van der Waals surface area contributed by atoms with Crippen LogP contribution >= 0.6 is 0 Å². The Kier molecular flexibility index (Phi) is 7.36. The minimum Gasteiger partial charge on any atom is -0.492 e. The lowest BCUT2D eigenvalue weighted by molar-refractivity contribution is -0.131. The van der Waals surface area contributed by atoms with Crippen molar-refractivity contribution in [2.45, 2.75) is 12.8 Å². The number of ether oxygens (including phenoxy) is 1. The van der Waals surface area contributed by atoms with Gasteiger partial charge in [0, 0.05) is 20.1 Å². The molecule has 0 unspecified atom stereocenters. The highest BCUT2D eigenvalue weighted by Gasteiger charge is 2.14. The molecule has 1 aromatic rings. The molecule has 0 atom stereocenters. The molecule has 1 aromatic carbocycles. The van der Waals surface area contributed by atoms with E-state index in [1.54, 1.807) is 4.90 Å². The Morgan fingerprint density at radius 2 is 1.83 bits per heavy atom. The van der Waals surface area contributed by atoms with Crippen LogP contribution in [0.3, 0.4) is 0 Å². The van der Waals surface area contributed by atoms with Gasteiger partial charge in [-0.2, -0.15) is 0 Å². The van der Waals surface area contributed by atoms with Crippen LogP contribution < -0.4 is 4.74 Å². The second-order valence-corrected chi connectivity index (χ2v) is 6.26. The van der Waals surface area contributed by atoms with Crippen LogP contribution in [0.25, 0.3) is 0 Å². The van der Waals surface area contributed by atoms with Gasteiger partial charge in [-0.3, -0.25) is 9.69 Å². The SMILES string of the molecule is CN(CCN1CCCC1)CC(=O)N(C)CCOc1ccccc1. The summed E-state index contributed by atoms with van der Waals surface area (Å²) in [4.78, 5) is 18.5. The predicted molar refractivity (Wildman–Crippen MR) is 92.7 cm³/mol. The van der Waals surface area contributed by atoms with Gasteiger partial charge in [0.2, 0.25) is 5.91 Å². The Balaban J connectivity index is 1.59. The molecule has 1 amide bonds. The molecule has 1 aliphatic heterocycles. The Hall–Kier alpha value is -1.59. The summed E-state index contributed by atoms with van der Waals surface area (Å²) < 4.78 is 5.63. The first-order valence-electron chi connectivity index (χ1n) is 8.48. The van der Waals surface area contributed by atoms with Crippen LogP contribution in [-0.4, -0.2) is 80.6 Å². The van der Waals surface area contributed by atoms with Gasteiger partial charge >= 0.3 is 0 Å². The van der Waals surface area contributed by atoms with Crippen molar-refractivity contribution < 1.29 is 9.53 Å². The van der Waals surface area contributed by atoms with E-state index in [4.69, 9.17) is 4.74 Å². The molecule has 5 nitrogen and oxygen atoms in total. The third-order valence-electron chi connectivity index (χ3n) is 4.27. The number of hydrogen-bond donors (Lipinski definition) is 0. The second-order valence-electron chi connectivity index (χ2n) is 6.26. The largest absolute Gasteiger partial charge is 0.492 e. The van der Waals surface area contributed by atoms with E-state index >= 15 is 0 Å². The van der Waals surface area contributed by atoms with Gasteiger partial charge < -0.3 is 14.5 Å². The molecular formula is C18H29N3O2. The molecule has 0 N–H and O–H groups in total. The van der Waals surface area contributed by atoms with Gasteiger partial charge in [-0.1, -0.05) is 18.2 Å². The summed E-state index contributed by atoms with van der Waals surface area (Å²) in [6.07, 6.45) is 2.62. The zero-order valence-corrected chi connectivity index (χ0v) is 14.4. The number of carbonyl (C=O) groups excluding carboxylic acids is 1. The van der Waals surface area contributed by atoms with Crippen molar-refractivity contribution >= 4 is 5.91 Å². The molecule has 1 saturated heterocycles. The molecule has 0 aromatic heterocycles. The molecule has 1 aliphatic rings. The summed E-state index contributed by atoms with van der Waals surface area (Å²) in [5, 5.41) is 0. The van der Waals surface area contributed by atoms with Crippen LogP contribution in [0.2, 0.25) is 0 Å². The van der Waals surface area contributed by atoms with Crippen molar-refractivity contribution in [3.63, 3.8) is 0 Å². The first-order valence-corrected chi connectivity index (χ1v) is 8.48. The number of rotatable bonds is 9. The van der Waals surface area contributed by atoms with Crippen LogP contribution in [0, 0.1) is 0 Å². The fourth-order valence-corrected chi connectivity index (χ4v) is 2.69. The number of amides is 1. The van der Waals surface area contributed by atoms with E-state index in [0.29, 0.717) is 19.7 Å². The first-order chi connectivity index (χ1) is 11.1. The van der Waals surface area contributed by atoms with Crippen molar-refractivity contribution in [3.05, 3.63) is 30.3 Å². The molecule has 0 saturated carbocycles. The second kappa shape index (κ2) is 9.53. The van der Waals surface area contributed by atoms with Crippen molar-refractivity contribution in [2.75, 3.05) is 60.0 Å². The summed E-state index contributed by atoms with van der Waals surface area (Å²) in [6.45, 7) is 6.01. The van der Waals surface area contributed by atoms with Crippen LogP contribution in [0.1, 0.15) is 12.8 Å². The van der Waals surface area contributed by atoms with Crippen molar-refractivity contribution in [1.29, 1.82) is 0 Å². The smallest absolute Gasteiger partial charge is 0.236 e. The molecule has 0 radical (unpaired) electrons. The highest BCUT2D eigenvalue weighted by molar-refractivity contribution is 5.77. The predicted octanol–water partition coefficient (Wildman–Crippen LogP) is 1.55. The van der Waals surface area contributed by atoms with Gasteiger partial charge in [-0.15, -0.1) is 0 Å². The van der Waals surface area contributed by atoms with E-state index in [0.717, 1.165) is 18.8 Å². The average Bonchev–Trinajstić information content (AvgIpc) is 3.07. The number of benzene rings is 1. The molecule has 2 rings (SSSR count). The Morgan fingerprint density at radius 1 is 1.13 bits per heavy atom. The third kappa shape index (κ3) is 6.59. The molecule has 5 heteroatoms. The molecule has 0 aliphatic carbocycles. The third-order valence-corrected chi connectivity index (χ3v) is 4.27. The van der Waals surface area contributed by atoms with E-state index in [2.05, 4.69) is 9.80 Å². The number of para-hydroxylation sites is 1. The minimum atomic E-state index is 0.144. The monoisotopic (exact) mass is 319 g/mol. The minimum absolute atomic E-state index is 0.144. The fraction of sp³-hybridized carbons (Fsp3) is 0.611. The maximum Gasteiger partial charge on any atom is 0.236 e. The van der Waals surface area contributed by atoms with Gasteiger partial charge in [-0.05, 0) is 45.1 Å². The molecule has 128 valence electrons. The first kappa shape index (κ1) is 17.8. The molecule has 1 heterocycles. The van der Waals surface area contributed by atoms with Gasteiger partial charge in [0.05, 0.1) is 13.1 Å². The topological polar surface area (TPSA) is 36.0 Å². The standard InChI is InChI=1S/C18H29N3O2/c1-19(12-13-21-10-6-7-11-21)16-18(22)20(2)14-15-23-17-8-4-3-5-9-17/h3-5,8-9H,6-7,10-16H2,1-2H3. The van der Waals surface area contributed by atoms with Gasteiger partial charge in [0.1, 0.15) is 12.4 Å². The number of carbonyl (C=O) groups is 1. The van der Waals surface area contributed by atoms with E-state index < -0.39 is 0 Å². The summed E-state index contributed by atoms with van der Waals surface area (Å²) in [5.41, 5.74) is 0. The molecule has 23 heavy (non-hydrogen) atoms. The van der Waals surface area contributed by atoms with Gasteiger partial charge in [-0.25, -0.2) is 0 Å². The Labute approximate surface area is 139 Å². The van der Waals surface area contributed by atoms with Gasteiger partial charge in [0.25, 0.3) is 0 Å². The molecule has 0 bridgehead atoms. The Morgan fingerprint density at radius 3 is 2.52 bits per heavy atom. The number of likely N-dealkylation sites (N-methyl/N-ethyl adjacent to an activating group) is 2. The van der Waals surface area contributed by atoms with Gasteiger partial charge in [0.15, 0.2) is 0 Å². The van der Waals surface area contributed by atoms with E-state index in [-0.39, 0.29) is 5.91 Å². The lowest BCUT2D eigenvalue weighted by atomic mass is 10.3. The normalized spacial score (nSPS) is 15.1. The lowest BCUT2D eigenvalue weighted by Gasteiger charge is -2.24. The average molecular weight is 319 g/mol. The molecular weight excluding hydrogens is 290 g/mol. The van der Waals surface area contributed by atoms with E-state index in [1.807, 2.05) is 44.4 Å². The lowest BCUT2D eigenvalue weighted by Crippen LogP contribution is -2.40. The number of hydrogen-bond acceptors (Lipinski definition) is 4. The Bertz CT molecular complexity index is 461. The maximum absolute atomic E-state index is 12.2. The van der Waals surface area contributed by atoms with Crippen LogP contribution in [0.15, 0.2) is 30.3 Å². The molecule has 0 spiro atoms. The van der Waals surface area contributed by atoms with Crippen molar-refractivity contribution in [3.8, 4) is 5.75 Å². The summed E-state index contributed by atoms with van der Waals surface area (Å²) >= 11 is 0. The van der Waals surface area contributed by atoms with Crippen LogP contribution in [0.4, 0.5) is 0 Å². The number of nitrogens with zero attached hydrogens (tertiary/aromatic N) is 3. The van der Waals surface area contributed by atoms with Crippen molar-refractivity contribution in [2.24, 2.45) is 0 Å². The van der Waals surface area contributed by atoms with E-state index in [1.165, 1.54) is 25.9 Å². The zero-order chi connectivity index (χ0) is 16.5. The molecule has 1 fully saturated rings. The fourth-order valence-electron chi connectivity index (χ4n) is 2.69. The highest BCUT2D eigenvalue weighted by Crippen LogP contribution is 2.08. The number of likely N-dealkylation sites (tertiary alicyclic amines) is 1. The summed E-state index contributed by atoms with van der Waals surface area (Å²) in [5.74, 6) is 0.988. The maximum atomic E-state index is 12.2.